The van der Waals surface area contributed by atoms with E-state index in [4.69, 9.17) is 10.5 Å². The average molecular weight is 299 g/mol. The summed E-state index contributed by atoms with van der Waals surface area (Å²) in [6, 6.07) is 10.3. The second-order valence-electron chi connectivity index (χ2n) is 5.09. The van der Waals surface area contributed by atoms with Gasteiger partial charge in [-0.3, -0.25) is 4.79 Å². The highest BCUT2D eigenvalue weighted by Gasteiger charge is 2.29. The molecule has 5 heteroatoms. The third-order valence-corrected chi connectivity index (χ3v) is 3.60. The van der Waals surface area contributed by atoms with E-state index >= 15 is 0 Å². The van der Waals surface area contributed by atoms with E-state index in [0.29, 0.717) is 26.3 Å². The number of halogens is 1. The van der Waals surface area contributed by atoms with Gasteiger partial charge in [-0.2, -0.15) is 0 Å². The van der Waals surface area contributed by atoms with E-state index in [9.17, 15) is 4.79 Å². The molecule has 1 aromatic carbocycles. The highest BCUT2D eigenvalue weighted by atomic mass is 35.5. The number of carbonyl (C=O) groups is 1. The molecule has 0 bridgehead atoms. The van der Waals surface area contributed by atoms with Crippen molar-refractivity contribution in [2.75, 3.05) is 26.3 Å². The average Bonchev–Trinajstić information content (AvgIpc) is 2.47. The van der Waals surface area contributed by atoms with E-state index in [-0.39, 0.29) is 30.3 Å². The molecule has 1 aliphatic rings. The van der Waals surface area contributed by atoms with Crippen molar-refractivity contribution in [1.29, 1.82) is 0 Å². The fraction of sp³-hybridized carbons (Fsp3) is 0.533. The quantitative estimate of drug-likeness (QED) is 0.916. The van der Waals surface area contributed by atoms with E-state index in [1.807, 2.05) is 30.0 Å². The Kier molecular flexibility index (Phi) is 6.99. The molecule has 112 valence electrons. The van der Waals surface area contributed by atoms with E-state index in [1.165, 1.54) is 5.56 Å². The van der Waals surface area contributed by atoms with Crippen LogP contribution in [0.2, 0.25) is 0 Å². The maximum absolute atomic E-state index is 12.3. The Morgan fingerprint density at radius 2 is 2.15 bits per heavy atom. The molecule has 2 atom stereocenters. The maximum atomic E-state index is 12.3. The van der Waals surface area contributed by atoms with Crippen LogP contribution in [0.25, 0.3) is 0 Å². The highest BCUT2D eigenvalue weighted by molar-refractivity contribution is 5.85. The van der Waals surface area contributed by atoms with E-state index in [0.717, 1.165) is 6.42 Å². The Morgan fingerprint density at radius 1 is 1.45 bits per heavy atom. The topological polar surface area (TPSA) is 55.6 Å². The first-order valence-electron chi connectivity index (χ1n) is 6.84. The van der Waals surface area contributed by atoms with Crippen LogP contribution in [0.3, 0.4) is 0 Å². The summed E-state index contributed by atoms with van der Waals surface area (Å²) < 4.78 is 5.52. The van der Waals surface area contributed by atoms with Crippen LogP contribution in [0.15, 0.2) is 30.3 Å². The van der Waals surface area contributed by atoms with Gasteiger partial charge in [0.15, 0.2) is 0 Å². The minimum absolute atomic E-state index is 0. The van der Waals surface area contributed by atoms with Gasteiger partial charge in [0.1, 0.15) is 0 Å². The van der Waals surface area contributed by atoms with Crippen LogP contribution < -0.4 is 5.73 Å². The molecule has 20 heavy (non-hydrogen) atoms. The van der Waals surface area contributed by atoms with Gasteiger partial charge in [0.25, 0.3) is 0 Å². The molecule has 0 aliphatic carbocycles. The number of nitrogens with two attached hydrogens (primary N) is 1. The molecule has 2 unspecified atom stereocenters. The van der Waals surface area contributed by atoms with Crippen molar-refractivity contribution in [3.63, 3.8) is 0 Å². The van der Waals surface area contributed by atoms with Gasteiger partial charge < -0.3 is 15.4 Å². The summed E-state index contributed by atoms with van der Waals surface area (Å²) >= 11 is 0. The Hall–Kier alpha value is -1.10. The molecule has 4 nitrogen and oxygen atoms in total. The second-order valence-corrected chi connectivity index (χ2v) is 5.09. The standard InChI is InChI=1S/C15H22N2O2.ClH/c1-12(10-16)15(18)17-7-8-19-11-14(17)9-13-5-3-2-4-6-13;/h2-6,12,14H,7-11,16H2,1H3;1H. The summed E-state index contributed by atoms with van der Waals surface area (Å²) in [5, 5.41) is 0. The predicted octanol–water partition coefficient (Wildman–Crippen LogP) is 1.47. The lowest BCUT2D eigenvalue weighted by atomic mass is 10.0. The largest absolute Gasteiger partial charge is 0.377 e. The zero-order valence-corrected chi connectivity index (χ0v) is 12.6. The van der Waals surface area contributed by atoms with Crippen molar-refractivity contribution in [1.82, 2.24) is 4.90 Å². The highest BCUT2D eigenvalue weighted by Crippen LogP contribution is 2.15. The number of nitrogens with zero attached hydrogens (tertiary/aromatic N) is 1. The number of hydrogen-bond acceptors (Lipinski definition) is 3. The van der Waals surface area contributed by atoms with Gasteiger partial charge in [-0.25, -0.2) is 0 Å². The van der Waals surface area contributed by atoms with Gasteiger partial charge in [0.05, 0.1) is 19.3 Å². The fourth-order valence-electron chi connectivity index (χ4n) is 2.38. The Bertz CT molecular complexity index is 414. The molecule has 0 spiro atoms. The summed E-state index contributed by atoms with van der Waals surface area (Å²) in [4.78, 5) is 14.3. The van der Waals surface area contributed by atoms with Crippen molar-refractivity contribution in [2.45, 2.75) is 19.4 Å². The third kappa shape index (κ3) is 4.20. The van der Waals surface area contributed by atoms with E-state index in [1.54, 1.807) is 0 Å². The molecule has 2 rings (SSSR count). The maximum Gasteiger partial charge on any atom is 0.227 e. The molecule has 1 aliphatic heterocycles. The van der Waals surface area contributed by atoms with Crippen LogP contribution in [-0.2, 0) is 16.0 Å². The number of amides is 1. The van der Waals surface area contributed by atoms with Crippen LogP contribution in [0.5, 0.6) is 0 Å². The summed E-state index contributed by atoms with van der Waals surface area (Å²) in [7, 11) is 0. The predicted molar refractivity (Wildman–Crippen MR) is 81.9 cm³/mol. The van der Waals surface area contributed by atoms with Crippen molar-refractivity contribution >= 4 is 18.3 Å². The van der Waals surface area contributed by atoms with Crippen LogP contribution in [-0.4, -0.2) is 43.2 Å². The number of carbonyl (C=O) groups excluding carboxylic acids is 1. The number of morpholine rings is 1. The summed E-state index contributed by atoms with van der Waals surface area (Å²) in [6.45, 7) is 4.18. The second kappa shape index (κ2) is 8.25. The lowest BCUT2D eigenvalue weighted by molar-refractivity contribution is -0.143. The first-order valence-corrected chi connectivity index (χ1v) is 6.84. The van der Waals surface area contributed by atoms with Crippen molar-refractivity contribution in [3.8, 4) is 0 Å². The van der Waals surface area contributed by atoms with Crippen LogP contribution >= 0.6 is 12.4 Å². The first kappa shape index (κ1) is 17.0. The van der Waals surface area contributed by atoms with Crippen molar-refractivity contribution in [2.24, 2.45) is 11.7 Å². The normalized spacial score (nSPS) is 20.1. The van der Waals surface area contributed by atoms with Crippen LogP contribution in [0.4, 0.5) is 0 Å². The zero-order chi connectivity index (χ0) is 13.7. The molecule has 1 amide bonds. The number of ether oxygens (including phenoxy) is 1. The number of benzene rings is 1. The van der Waals surface area contributed by atoms with E-state index < -0.39 is 0 Å². The molecule has 1 heterocycles. The molecular formula is C15H23ClN2O2. The van der Waals surface area contributed by atoms with Gasteiger partial charge in [-0.1, -0.05) is 37.3 Å². The molecule has 2 N–H and O–H groups in total. The molecular weight excluding hydrogens is 276 g/mol. The molecule has 1 saturated heterocycles. The van der Waals surface area contributed by atoms with Crippen molar-refractivity contribution < 1.29 is 9.53 Å². The van der Waals surface area contributed by atoms with Crippen molar-refractivity contribution in [3.05, 3.63) is 35.9 Å². The van der Waals surface area contributed by atoms with Crippen LogP contribution in [0, 0.1) is 5.92 Å². The van der Waals surface area contributed by atoms with E-state index in [2.05, 4.69) is 12.1 Å². The molecule has 0 aromatic heterocycles. The fourth-order valence-corrected chi connectivity index (χ4v) is 2.38. The minimum atomic E-state index is -0.114. The minimum Gasteiger partial charge on any atom is -0.377 e. The lowest BCUT2D eigenvalue weighted by Gasteiger charge is -2.37. The Balaban J connectivity index is 0.00000200. The van der Waals surface area contributed by atoms with Crippen LogP contribution in [0.1, 0.15) is 12.5 Å². The smallest absolute Gasteiger partial charge is 0.227 e. The summed E-state index contributed by atoms with van der Waals surface area (Å²) in [6.07, 6.45) is 0.837. The third-order valence-electron chi connectivity index (χ3n) is 3.60. The van der Waals surface area contributed by atoms with Gasteiger partial charge in [-0.15, -0.1) is 12.4 Å². The Labute approximate surface area is 126 Å². The van der Waals surface area contributed by atoms with Gasteiger partial charge in [-0.05, 0) is 12.0 Å². The summed E-state index contributed by atoms with van der Waals surface area (Å²) in [5.41, 5.74) is 6.83. The van der Waals surface area contributed by atoms with Gasteiger partial charge in [0.2, 0.25) is 5.91 Å². The SMILES string of the molecule is CC(CN)C(=O)N1CCOCC1Cc1ccccc1.Cl. The summed E-state index contributed by atoms with van der Waals surface area (Å²) in [5.74, 6) is 0.0307. The van der Waals surface area contributed by atoms with Gasteiger partial charge in [0, 0.05) is 19.0 Å². The molecule has 0 radical (unpaired) electrons. The monoisotopic (exact) mass is 298 g/mol. The molecule has 0 saturated carbocycles. The Morgan fingerprint density at radius 3 is 2.80 bits per heavy atom. The van der Waals surface area contributed by atoms with Gasteiger partial charge >= 0.3 is 0 Å². The molecule has 1 fully saturated rings. The zero-order valence-electron chi connectivity index (χ0n) is 11.8. The lowest BCUT2D eigenvalue weighted by Crippen LogP contribution is -2.52. The molecule has 1 aromatic rings. The number of rotatable bonds is 4. The first-order chi connectivity index (χ1) is 9.22. The number of hydrogen-bond donors (Lipinski definition) is 1.